The molecular formula is C39H53N3O10. The fourth-order valence-electron chi connectivity index (χ4n) is 7.35. The summed E-state index contributed by atoms with van der Waals surface area (Å²) >= 11 is 0. The molecule has 0 spiro atoms. The third kappa shape index (κ3) is 9.08. The topological polar surface area (TPSA) is 159 Å². The van der Waals surface area contributed by atoms with Crippen molar-refractivity contribution in [2.75, 3.05) is 19.8 Å². The number of ether oxygens (including phenoxy) is 5. The molecule has 2 N–H and O–H groups in total. The van der Waals surface area contributed by atoms with Gasteiger partial charge in [0.1, 0.15) is 30.5 Å². The number of carbonyl (C=O) groups excluding carboxylic acids is 5. The summed E-state index contributed by atoms with van der Waals surface area (Å²) in [6, 6.07) is 2.81. The summed E-state index contributed by atoms with van der Waals surface area (Å²) in [4.78, 5) is 69.6. The van der Waals surface area contributed by atoms with E-state index < -0.39 is 59.2 Å². The second-order valence-corrected chi connectivity index (χ2v) is 15.1. The predicted octanol–water partition coefficient (Wildman–Crippen LogP) is 5.53. The monoisotopic (exact) mass is 723 g/mol. The quantitative estimate of drug-likeness (QED) is 0.102. The van der Waals surface area contributed by atoms with Crippen LogP contribution in [-0.4, -0.2) is 77.9 Å². The molecule has 52 heavy (non-hydrogen) atoms. The lowest BCUT2D eigenvalue weighted by molar-refractivity contribution is -0.150. The molecule has 284 valence electrons. The Balaban J connectivity index is 1.34. The maximum atomic E-state index is 14.4. The molecule has 3 amide bonds. The van der Waals surface area contributed by atoms with Gasteiger partial charge in [0, 0.05) is 24.9 Å². The van der Waals surface area contributed by atoms with Crippen molar-refractivity contribution >= 4 is 29.8 Å². The lowest BCUT2D eigenvalue weighted by Gasteiger charge is -2.27. The Hall–Kier alpha value is -4.55. The second kappa shape index (κ2) is 16.4. The minimum atomic E-state index is -1.27. The molecule has 5 rings (SSSR count). The van der Waals surface area contributed by atoms with Crippen molar-refractivity contribution in [3.63, 3.8) is 0 Å². The minimum Gasteiger partial charge on any atom is -0.486 e. The van der Waals surface area contributed by atoms with Crippen LogP contribution in [0.5, 0.6) is 11.5 Å². The lowest BCUT2D eigenvalue weighted by atomic mass is 9.85. The fourth-order valence-corrected chi connectivity index (χ4v) is 7.35. The van der Waals surface area contributed by atoms with E-state index in [2.05, 4.69) is 23.8 Å². The molecule has 13 nitrogen and oxygen atoms in total. The van der Waals surface area contributed by atoms with Crippen LogP contribution in [0.2, 0.25) is 0 Å². The summed E-state index contributed by atoms with van der Waals surface area (Å²) in [5.41, 5.74) is -0.219. The van der Waals surface area contributed by atoms with Crippen LogP contribution in [0.1, 0.15) is 90.2 Å². The zero-order valence-corrected chi connectivity index (χ0v) is 30.8. The van der Waals surface area contributed by atoms with Crippen LogP contribution in [-0.2, 0) is 41.7 Å². The second-order valence-electron chi connectivity index (χ2n) is 15.1. The smallest absolute Gasteiger partial charge is 0.410 e. The van der Waals surface area contributed by atoms with Crippen molar-refractivity contribution in [1.29, 1.82) is 0 Å². The molecule has 2 aliphatic carbocycles. The lowest BCUT2D eigenvalue weighted by Crippen LogP contribution is -2.51. The molecule has 0 saturated heterocycles. The number of amides is 3. The fraction of sp³-hybridized carbons (Fsp3) is 0.615. The molecule has 6 atom stereocenters. The number of ketones is 1. The van der Waals surface area contributed by atoms with Crippen LogP contribution in [0, 0.1) is 17.8 Å². The first-order valence-electron chi connectivity index (χ1n) is 18.4. The molecule has 1 aromatic rings. The largest absolute Gasteiger partial charge is 0.486 e. The van der Waals surface area contributed by atoms with E-state index in [0.29, 0.717) is 57.1 Å². The molecule has 13 heteroatoms. The molecule has 1 unspecified atom stereocenters. The highest BCUT2D eigenvalue weighted by atomic mass is 16.6. The first kappa shape index (κ1) is 38.7. The molecule has 2 aliphatic heterocycles. The van der Waals surface area contributed by atoms with Crippen molar-refractivity contribution in [2.24, 2.45) is 17.8 Å². The molecular weight excluding hydrogens is 670 g/mol. The van der Waals surface area contributed by atoms with Crippen molar-refractivity contribution < 1.29 is 47.7 Å². The van der Waals surface area contributed by atoms with Gasteiger partial charge in [-0.3, -0.25) is 14.5 Å². The number of alkyl carbamates (subject to hydrolysis) is 1. The van der Waals surface area contributed by atoms with Crippen LogP contribution in [0.15, 0.2) is 37.4 Å². The summed E-state index contributed by atoms with van der Waals surface area (Å²) in [5.74, 6) is -2.34. The van der Waals surface area contributed by atoms with Crippen LogP contribution >= 0.6 is 0 Å². The Morgan fingerprint density at radius 3 is 2.23 bits per heavy atom. The number of unbranched alkanes of at least 4 members (excludes halogenated alkanes) is 3. The molecule has 4 aliphatic rings. The zero-order valence-electron chi connectivity index (χ0n) is 30.8. The van der Waals surface area contributed by atoms with Gasteiger partial charge in [0.25, 0.3) is 0 Å². The number of hydrogen-bond acceptors (Lipinski definition) is 10. The standard InChI is InChI=1S/C39H53N3O10/c1-7-10-11-12-13-14-30(40-36(46)52-38(4,5)6)33(43)28-19-27(20-29(28)34(44)41-39(21-26(39)8-2)35(45)48-9-3)51-37(47)42-22-24-17-31-32(18-25(24)23-42)50-16-15-49-31/h7-8,17-18,26-30H,1-2,9-16,19-23H2,3-6H3,(H,40,46)(H,41,44)/t26-,27+,28?,29-,30+,39-/m1/s1. The van der Waals surface area contributed by atoms with Crippen molar-refractivity contribution in [3.05, 3.63) is 48.6 Å². The van der Waals surface area contributed by atoms with E-state index in [1.165, 1.54) is 0 Å². The Bertz CT molecular complexity index is 1520. The highest BCUT2D eigenvalue weighted by Gasteiger charge is 2.62. The van der Waals surface area contributed by atoms with E-state index in [0.717, 1.165) is 30.4 Å². The van der Waals surface area contributed by atoms with Crippen LogP contribution in [0.4, 0.5) is 9.59 Å². The number of esters is 1. The highest BCUT2D eigenvalue weighted by Crippen LogP contribution is 2.47. The van der Waals surface area contributed by atoms with E-state index in [1.807, 2.05) is 18.2 Å². The van der Waals surface area contributed by atoms with Gasteiger partial charge in [0.2, 0.25) is 5.91 Å². The van der Waals surface area contributed by atoms with Crippen LogP contribution < -0.4 is 20.1 Å². The summed E-state index contributed by atoms with van der Waals surface area (Å²) in [7, 11) is 0. The maximum absolute atomic E-state index is 14.4. The van der Waals surface area contributed by atoms with Gasteiger partial charge in [-0.25, -0.2) is 14.4 Å². The average molecular weight is 724 g/mol. The van der Waals surface area contributed by atoms with Crippen molar-refractivity contribution in [1.82, 2.24) is 15.5 Å². The number of nitrogens with zero attached hydrogens (tertiary/aromatic N) is 1. The number of Topliss-reactive ketones (excluding diaryl/α,β-unsaturated/α-hetero) is 1. The molecule has 2 saturated carbocycles. The van der Waals surface area contributed by atoms with E-state index in [4.69, 9.17) is 23.7 Å². The number of hydrogen-bond donors (Lipinski definition) is 2. The van der Waals surface area contributed by atoms with E-state index in [-0.39, 0.29) is 31.1 Å². The summed E-state index contributed by atoms with van der Waals surface area (Å²) in [5, 5.41) is 5.65. The number of nitrogens with one attached hydrogen (secondary N) is 2. The number of fused-ring (bicyclic) bond motifs is 2. The SMILES string of the molecule is C=CCCCCC[C@H](NC(=O)OC(C)(C)C)C(=O)C1C[C@H](OC(=O)N2Cc3cc4c(cc3C2)OCCO4)C[C@H]1C(=O)N[C@]1(C(=O)OCC)C[C@H]1C=C. The number of carbonyl (C=O) groups is 5. The molecule has 0 bridgehead atoms. The number of allylic oxidation sites excluding steroid dienone is 1. The summed E-state index contributed by atoms with van der Waals surface area (Å²) in [6.07, 6.45) is 5.30. The van der Waals surface area contributed by atoms with E-state index in [9.17, 15) is 24.0 Å². The summed E-state index contributed by atoms with van der Waals surface area (Å²) in [6.45, 7) is 16.1. The highest BCUT2D eigenvalue weighted by molar-refractivity contribution is 5.97. The van der Waals surface area contributed by atoms with Gasteiger partial charge in [0.05, 0.1) is 18.6 Å². The van der Waals surface area contributed by atoms with Gasteiger partial charge in [0.15, 0.2) is 17.3 Å². The first-order chi connectivity index (χ1) is 24.8. The molecule has 1 aromatic carbocycles. The molecule has 2 heterocycles. The Morgan fingerprint density at radius 2 is 1.65 bits per heavy atom. The van der Waals surface area contributed by atoms with Gasteiger partial charge >= 0.3 is 18.2 Å². The van der Waals surface area contributed by atoms with Crippen molar-refractivity contribution in [3.8, 4) is 11.5 Å². The first-order valence-corrected chi connectivity index (χ1v) is 18.4. The third-order valence-electron chi connectivity index (χ3n) is 10.1. The Labute approximate surface area is 305 Å². The predicted molar refractivity (Wildman–Crippen MR) is 190 cm³/mol. The van der Waals surface area contributed by atoms with Gasteiger partial charge in [-0.15, -0.1) is 13.2 Å². The zero-order chi connectivity index (χ0) is 37.6. The van der Waals surface area contributed by atoms with Gasteiger partial charge < -0.3 is 34.3 Å². The third-order valence-corrected chi connectivity index (χ3v) is 10.1. The van der Waals surface area contributed by atoms with Crippen molar-refractivity contribution in [2.45, 2.75) is 115 Å². The van der Waals surface area contributed by atoms with Crippen LogP contribution in [0.3, 0.4) is 0 Å². The van der Waals surface area contributed by atoms with Gasteiger partial charge in [-0.2, -0.15) is 0 Å². The Morgan fingerprint density at radius 1 is 1.00 bits per heavy atom. The number of benzene rings is 1. The van der Waals surface area contributed by atoms with Crippen LogP contribution in [0.25, 0.3) is 0 Å². The summed E-state index contributed by atoms with van der Waals surface area (Å²) < 4.78 is 28.2. The average Bonchev–Trinajstić information content (AvgIpc) is 3.40. The molecule has 0 radical (unpaired) electrons. The number of rotatable bonds is 15. The van der Waals surface area contributed by atoms with E-state index in [1.54, 1.807) is 38.7 Å². The molecule has 2 fully saturated rings. The maximum Gasteiger partial charge on any atom is 0.410 e. The normalized spacial score (nSPS) is 24.9. The van der Waals surface area contributed by atoms with Gasteiger partial charge in [-0.05, 0) is 89.5 Å². The minimum absolute atomic E-state index is 0.0564. The van der Waals surface area contributed by atoms with Gasteiger partial charge in [-0.1, -0.05) is 25.0 Å². The Kier molecular flexibility index (Phi) is 12.2. The van der Waals surface area contributed by atoms with E-state index >= 15 is 0 Å². The molecule has 0 aromatic heterocycles.